The summed E-state index contributed by atoms with van der Waals surface area (Å²) in [7, 11) is 1.62. The van der Waals surface area contributed by atoms with Gasteiger partial charge in [-0.2, -0.15) is 0 Å². The molecule has 1 N–H and O–H groups in total. The van der Waals surface area contributed by atoms with Gasteiger partial charge in [0.15, 0.2) is 0 Å². The lowest BCUT2D eigenvalue weighted by Gasteiger charge is -2.25. The highest BCUT2D eigenvalue weighted by Gasteiger charge is 2.38. The second kappa shape index (κ2) is 6.81. The average molecular weight is 305 g/mol. The van der Waals surface area contributed by atoms with Gasteiger partial charge < -0.3 is 14.7 Å². The standard InChI is InChI=1S/C17H23NO4/c1-11(13-5-4-6-14(10-13)22-3)9-16(19)18-8-7-15(12(18)2)17(20)21/h4-6,10-12,15H,7-9H2,1-3H3,(H,20,21). The van der Waals surface area contributed by atoms with E-state index in [1.54, 1.807) is 12.0 Å². The van der Waals surface area contributed by atoms with Crippen LogP contribution >= 0.6 is 0 Å². The second-order valence-corrected chi connectivity index (χ2v) is 5.94. The number of carbonyl (C=O) groups is 2. The number of aliphatic carboxylic acids is 1. The van der Waals surface area contributed by atoms with Crippen molar-refractivity contribution in [1.82, 2.24) is 4.90 Å². The Morgan fingerprint density at radius 2 is 2.18 bits per heavy atom. The van der Waals surface area contributed by atoms with Gasteiger partial charge in [0.25, 0.3) is 0 Å². The number of carboxylic acids is 1. The van der Waals surface area contributed by atoms with E-state index in [9.17, 15) is 9.59 Å². The smallest absolute Gasteiger partial charge is 0.308 e. The summed E-state index contributed by atoms with van der Waals surface area (Å²) in [6.07, 6.45) is 0.916. The molecule has 1 fully saturated rings. The van der Waals surface area contributed by atoms with Crippen LogP contribution in [0.3, 0.4) is 0 Å². The fourth-order valence-electron chi connectivity index (χ4n) is 3.07. The minimum atomic E-state index is -0.816. The zero-order chi connectivity index (χ0) is 16.3. The average Bonchev–Trinajstić information content (AvgIpc) is 2.89. The molecule has 22 heavy (non-hydrogen) atoms. The molecule has 5 heteroatoms. The Bertz CT molecular complexity index is 557. The van der Waals surface area contributed by atoms with Crippen LogP contribution in [0, 0.1) is 5.92 Å². The fraction of sp³-hybridized carbons (Fsp3) is 0.529. The van der Waals surface area contributed by atoms with Crippen molar-refractivity contribution in [2.24, 2.45) is 5.92 Å². The first-order chi connectivity index (χ1) is 10.4. The van der Waals surface area contributed by atoms with Crippen molar-refractivity contribution >= 4 is 11.9 Å². The van der Waals surface area contributed by atoms with Crippen molar-refractivity contribution in [2.75, 3.05) is 13.7 Å². The highest BCUT2D eigenvalue weighted by atomic mass is 16.5. The Balaban J connectivity index is 2.01. The SMILES string of the molecule is COc1cccc(C(C)CC(=O)N2CCC(C(=O)O)C2C)c1. The first kappa shape index (κ1) is 16.3. The molecule has 5 nitrogen and oxygen atoms in total. The monoisotopic (exact) mass is 305 g/mol. The van der Waals surface area contributed by atoms with E-state index in [1.165, 1.54) is 0 Å². The molecule has 1 aromatic carbocycles. The minimum Gasteiger partial charge on any atom is -0.497 e. The van der Waals surface area contributed by atoms with Gasteiger partial charge in [-0.1, -0.05) is 19.1 Å². The van der Waals surface area contributed by atoms with Gasteiger partial charge in [-0.05, 0) is 37.0 Å². The molecule has 120 valence electrons. The molecule has 1 aromatic rings. The molecule has 1 amide bonds. The third kappa shape index (κ3) is 3.40. The number of hydrogen-bond donors (Lipinski definition) is 1. The Hall–Kier alpha value is -2.04. The van der Waals surface area contributed by atoms with Gasteiger partial charge in [0.2, 0.25) is 5.91 Å². The Labute approximate surface area is 130 Å². The third-order valence-corrected chi connectivity index (χ3v) is 4.54. The van der Waals surface area contributed by atoms with Crippen LogP contribution < -0.4 is 4.74 Å². The van der Waals surface area contributed by atoms with Gasteiger partial charge in [0.1, 0.15) is 5.75 Å². The largest absolute Gasteiger partial charge is 0.497 e. The summed E-state index contributed by atoms with van der Waals surface area (Å²) in [4.78, 5) is 25.3. The van der Waals surface area contributed by atoms with Gasteiger partial charge in [0, 0.05) is 19.0 Å². The number of carboxylic acid groups (broad SMARTS) is 1. The Morgan fingerprint density at radius 1 is 1.45 bits per heavy atom. The Kier molecular flexibility index (Phi) is 5.06. The first-order valence-electron chi connectivity index (χ1n) is 7.60. The van der Waals surface area contributed by atoms with Crippen LogP contribution in [0.25, 0.3) is 0 Å². The van der Waals surface area contributed by atoms with Gasteiger partial charge >= 0.3 is 5.97 Å². The van der Waals surface area contributed by atoms with Crippen molar-refractivity contribution in [3.63, 3.8) is 0 Å². The third-order valence-electron chi connectivity index (χ3n) is 4.54. The Morgan fingerprint density at radius 3 is 2.77 bits per heavy atom. The molecule has 0 aromatic heterocycles. The molecule has 1 saturated heterocycles. The predicted molar refractivity (Wildman–Crippen MR) is 82.9 cm³/mol. The van der Waals surface area contributed by atoms with Crippen LogP contribution in [0.2, 0.25) is 0 Å². The van der Waals surface area contributed by atoms with E-state index in [-0.39, 0.29) is 17.9 Å². The van der Waals surface area contributed by atoms with E-state index in [0.29, 0.717) is 19.4 Å². The molecule has 1 heterocycles. The summed E-state index contributed by atoms with van der Waals surface area (Å²) in [6.45, 7) is 4.35. The summed E-state index contributed by atoms with van der Waals surface area (Å²) in [6, 6.07) is 7.47. The molecule has 1 aliphatic rings. The maximum atomic E-state index is 12.5. The van der Waals surface area contributed by atoms with Crippen LogP contribution in [0.4, 0.5) is 0 Å². The van der Waals surface area contributed by atoms with Crippen molar-refractivity contribution < 1.29 is 19.4 Å². The number of amides is 1. The van der Waals surface area contributed by atoms with E-state index in [2.05, 4.69) is 0 Å². The summed E-state index contributed by atoms with van der Waals surface area (Å²) in [5.74, 6) is -0.401. The molecule has 0 bridgehead atoms. The molecule has 2 rings (SSSR count). The number of nitrogens with zero attached hydrogens (tertiary/aromatic N) is 1. The molecule has 1 aliphatic heterocycles. The topological polar surface area (TPSA) is 66.8 Å². The quantitative estimate of drug-likeness (QED) is 0.907. The number of methoxy groups -OCH3 is 1. The number of hydrogen-bond acceptors (Lipinski definition) is 3. The zero-order valence-electron chi connectivity index (χ0n) is 13.3. The molecular weight excluding hydrogens is 282 g/mol. The molecular formula is C17H23NO4. The zero-order valence-corrected chi connectivity index (χ0v) is 13.3. The van der Waals surface area contributed by atoms with Gasteiger partial charge in [-0.3, -0.25) is 9.59 Å². The van der Waals surface area contributed by atoms with Crippen molar-refractivity contribution in [2.45, 2.75) is 38.6 Å². The van der Waals surface area contributed by atoms with E-state index in [1.807, 2.05) is 38.1 Å². The van der Waals surface area contributed by atoms with Crippen LogP contribution in [0.15, 0.2) is 24.3 Å². The first-order valence-corrected chi connectivity index (χ1v) is 7.60. The van der Waals surface area contributed by atoms with Gasteiger partial charge in [-0.25, -0.2) is 0 Å². The van der Waals surface area contributed by atoms with Crippen LogP contribution in [-0.2, 0) is 9.59 Å². The summed E-state index contributed by atoms with van der Waals surface area (Å²) in [5.41, 5.74) is 1.05. The number of rotatable bonds is 5. The molecule has 3 atom stereocenters. The number of carbonyl (C=O) groups excluding carboxylic acids is 1. The molecule has 0 spiro atoms. The molecule has 0 radical (unpaired) electrons. The lowest BCUT2D eigenvalue weighted by molar-refractivity contribution is -0.143. The van der Waals surface area contributed by atoms with Crippen molar-refractivity contribution in [1.29, 1.82) is 0 Å². The van der Waals surface area contributed by atoms with Crippen molar-refractivity contribution in [3.05, 3.63) is 29.8 Å². The minimum absolute atomic E-state index is 0.0200. The normalized spacial score (nSPS) is 22.4. The lowest BCUT2D eigenvalue weighted by atomic mass is 9.96. The van der Waals surface area contributed by atoms with Gasteiger partial charge in [-0.15, -0.1) is 0 Å². The van der Waals surface area contributed by atoms with Crippen LogP contribution in [0.5, 0.6) is 5.75 Å². The van der Waals surface area contributed by atoms with Crippen LogP contribution in [-0.4, -0.2) is 41.6 Å². The highest BCUT2D eigenvalue weighted by molar-refractivity contribution is 5.80. The number of ether oxygens (including phenoxy) is 1. The van der Waals surface area contributed by atoms with E-state index < -0.39 is 11.9 Å². The van der Waals surface area contributed by atoms with Crippen LogP contribution in [0.1, 0.15) is 38.2 Å². The number of benzene rings is 1. The van der Waals surface area contributed by atoms with Gasteiger partial charge in [0.05, 0.1) is 13.0 Å². The summed E-state index contributed by atoms with van der Waals surface area (Å²) < 4.78 is 5.21. The summed E-state index contributed by atoms with van der Waals surface area (Å²) >= 11 is 0. The molecule has 0 aliphatic carbocycles. The highest BCUT2D eigenvalue weighted by Crippen LogP contribution is 2.28. The van der Waals surface area contributed by atoms with E-state index >= 15 is 0 Å². The molecule has 0 saturated carbocycles. The van der Waals surface area contributed by atoms with E-state index in [4.69, 9.17) is 9.84 Å². The van der Waals surface area contributed by atoms with E-state index in [0.717, 1.165) is 11.3 Å². The predicted octanol–water partition coefficient (Wildman–Crippen LogP) is 2.51. The summed E-state index contributed by atoms with van der Waals surface area (Å²) in [5, 5.41) is 9.15. The molecule has 3 unspecified atom stereocenters. The maximum Gasteiger partial charge on any atom is 0.308 e. The fourth-order valence-corrected chi connectivity index (χ4v) is 3.07. The second-order valence-electron chi connectivity index (χ2n) is 5.94. The maximum absolute atomic E-state index is 12.5. The lowest BCUT2D eigenvalue weighted by Crippen LogP contribution is -2.38. The van der Waals surface area contributed by atoms with Crippen molar-refractivity contribution in [3.8, 4) is 5.75 Å². The number of likely N-dealkylation sites (tertiary alicyclic amines) is 1.